The summed E-state index contributed by atoms with van der Waals surface area (Å²) in [6.07, 6.45) is 3.73. The minimum absolute atomic E-state index is 0.205. The Bertz CT molecular complexity index is 597. The highest BCUT2D eigenvalue weighted by atomic mass is 79.9. The zero-order chi connectivity index (χ0) is 13.8. The summed E-state index contributed by atoms with van der Waals surface area (Å²) in [6.45, 7) is 0.439. The molecule has 0 saturated heterocycles. The number of amides is 1. The van der Waals surface area contributed by atoms with Crippen LogP contribution in [0.15, 0.2) is 23.1 Å². The number of carbonyl (C=O) groups excluding carboxylic acids is 1. The molecule has 0 radical (unpaired) electrons. The number of pyridine rings is 1. The van der Waals surface area contributed by atoms with Crippen LogP contribution in [-0.4, -0.2) is 32.2 Å². The van der Waals surface area contributed by atoms with Crippen LogP contribution in [0.25, 0.3) is 0 Å². The topological polar surface area (TPSA) is 98.7 Å². The number of aromatic nitrogens is 4. The molecule has 0 unspecified atom stereocenters. The molecule has 7 nitrogen and oxygen atoms in total. The highest BCUT2D eigenvalue weighted by molar-refractivity contribution is 9.10. The van der Waals surface area contributed by atoms with Gasteiger partial charge >= 0.3 is 0 Å². The van der Waals surface area contributed by atoms with Crippen molar-refractivity contribution in [3.05, 3.63) is 34.5 Å². The summed E-state index contributed by atoms with van der Waals surface area (Å²) in [5.74, 6) is 0.627. The van der Waals surface area contributed by atoms with Crippen LogP contribution in [0.1, 0.15) is 16.2 Å². The normalized spacial score (nSPS) is 10.4. The molecule has 2 aromatic rings. The van der Waals surface area contributed by atoms with Gasteiger partial charge in [-0.15, -0.1) is 0 Å². The molecule has 0 spiro atoms. The number of carbonyl (C=O) groups is 1. The molecule has 0 atom stereocenters. The zero-order valence-electron chi connectivity index (χ0n) is 10.3. The van der Waals surface area contributed by atoms with Crippen LogP contribution in [0.4, 0.5) is 5.82 Å². The number of halogens is 1. The number of aryl methyl sites for hydroxylation is 1. The predicted octanol–water partition coefficient (Wildman–Crippen LogP) is 0.527. The van der Waals surface area contributed by atoms with Gasteiger partial charge in [0.05, 0.1) is 5.56 Å². The quantitative estimate of drug-likeness (QED) is 0.854. The molecular formula is C11H13BrN6O. The van der Waals surface area contributed by atoms with Gasteiger partial charge in [0.25, 0.3) is 5.91 Å². The van der Waals surface area contributed by atoms with Gasteiger partial charge in [0.15, 0.2) is 5.82 Å². The molecule has 2 aromatic heterocycles. The molecule has 2 heterocycles. The molecule has 0 aliphatic heterocycles. The molecule has 0 aliphatic carbocycles. The van der Waals surface area contributed by atoms with Gasteiger partial charge in [-0.1, -0.05) is 0 Å². The van der Waals surface area contributed by atoms with Gasteiger partial charge in [-0.2, -0.15) is 5.10 Å². The lowest BCUT2D eigenvalue weighted by atomic mass is 10.2. The van der Waals surface area contributed by atoms with Crippen molar-refractivity contribution in [2.75, 3.05) is 12.3 Å². The van der Waals surface area contributed by atoms with Gasteiger partial charge < -0.3 is 11.1 Å². The Morgan fingerprint density at radius 3 is 3.00 bits per heavy atom. The maximum atomic E-state index is 11.9. The number of anilines is 1. The van der Waals surface area contributed by atoms with Crippen LogP contribution in [0.3, 0.4) is 0 Å². The Kier molecular flexibility index (Phi) is 4.10. The van der Waals surface area contributed by atoms with Gasteiger partial charge in [-0.3, -0.25) is 9.48 Å². The standard InChI is InChI=1S/C11H13BrN6O/c1-18-6-16-9(17-18)2-3-14-11(19)8-4-7(12)5-15-10(8)13/h4-6H,2-3H2,1H3,(H2,13,15)(H,14,19). The maximum Gasteiger partial charge on any atom is 0.255 e. The first-order chi connectivity index (χ1) is 9.06. The predicted molar refractivity (Wildman–Crippen MR) is 73.4 cm³/mol. The average Bonchev–Trinajstić information content (AvgIpc) is 2.78. The van der Waals surface area contributed by atoms with E-state index >= 15 is 0 Å². The summed E-state index contributed by atoms with van der Waals surface area (Å²) in [6, 6.07) is 1.64. The molecule has 8 heteroatoms. The fourth-order valence-corrected chi connectivity index (χ4v) is 1.84. The van der Waals surface area contributed by atoms with E-state index in [2.05, 4.69) is 36.3 Å². The number of nitrogen functional groups attached to an aromatic ring is 1. The minimum atomic E-state index is -0.262. The van der Waals surface area contributed by atoms with Crippen molar-refractivity contribution in [3.8, 4) is 0 Å². The number of rotatable bonds is 4. The summed E-state index contributed by atoms with van der Waals surface area (Å²) >= 11 is 3.25. The van der Waals surface area contributed by atoms with E-state index < -0.39 is 0 Å². The summed E-state index contributed by atoms with van der Waals surface area (Å²) in [4.78, 5) is 19.9. The van der Waals surface area contributed by atoms with Gasteiger partial charge in [-0.05, 0) is 22.0 Å². The second-order valence-electron chi connectivity index (χ2n) is 3.93. The van der Waals surface area contributed by atoms with Crippen LogP contribution in [0, 0.1) is 0 Å². The van der Waals surface area contributed by atoms with Crippen molar-refractivity contribution in [1.82, 2.24) is 25.1 Å². The molecule has 19 heavy (non-hydrogen) atoms. The Hall–Kier alpha value is -1.96. The Morgan fingerprint density at radius 1 is 1.53 bits per heavy atom. The second kappa shape index (κ2) is 5.79. The number of hydrogen-bond acceptors (Lipinski definition) is 5. The smallest absolute Gasteiger partial charge is 0.255 e. The molecule has 0 bridgehead atoms. The summed E-state index contributed by atoms with van der Waals surface area (Å²) in [5, 5.41) is 6.88. The first-order valence-electron chi connectivity index (χ1n) is 5.60. The van der Waals surface area contributed by atoms with E-state index in [1.54, 1.807) is 30.3 Å². The van der Waals surface area contributed by atoms with E-state index in [-0.39, 0.29) is 11.7 Å². The number of nitrogens with one attached hydrogen (secondary N) is 1. The van der Waals surface area contributed by atoms with E-state index in [1.807, 2.05) is 0 Å². The summed E-state index contributed by atoms with van der Waals surface area (Å²) < 4.78 is 2.33. The molecule has 0 saturated carbocycles. The second-order valence-corrected chi connectivity index (χ2v) is 4.84. The fourth-order valence-electron chi connectivity index (χ4n) is 1.51. The molecule has 2 rings (SSSR count). The minimum Gasteiger partial charge on any atom is -0.383 e. The van der Waals surface area contributed by atoms with E-state index in [9.17, 15) is 4.79 Å². The molecule has 0 aliphatic rings. The third-order valence-corrected chi connectivity index (χ3v) is 2.84. The SMILES string of the molecule is Cn1cnc(CCNC(=O)c2cc(Br)cnc2N)n1. The van der Waals surface area contributed by atoms with Gasteiger partial charge in [0.2, 0.25) is 0 Å². The van der Waals surface area contributed by atoms with Crippen molar-refractivity contribution < 1.29 is 4.79 Å². The van der Waals surface area contributed by atoms with Gasteiger partial charge in [-0.25, -0.2) is 9.97 Å². The van der Waals surface area contributed by atoms with Crippen LogP contribution in [0.5, 0.6) is 0 Å². The number of nitrogens with two attached hydrogens (primary N) is 1. The van der Waals surface area contributed by atoms with Crippen molar-refractivity contribution in [2.45, 2.75) is 6.42 Å². The van der Waals surface area contributed by atoms with Crippen molar-refractivity contribution in [1.29, 1.82) is 0 Å². The molecular weight excluding hydrogens is 312 g/mol. The van der Waals surface area contributed by atoms with Crippen molar-refractivity contribution in [2.24, 2.45) is 7.05 Å². The fraction of sp³-hybridized carbons (Fsp3) is 0.273. The maximum absolute atomic E-state index is 11.9. The number of nitrogens with zero attached hydrogens (tertiary/aromatic N) is 4. The van der Waals surface area contributed by atoms with Crippen molar-refractivity contribution >= 4 is 27.7 Å². The van der Waals surface area contributed by atoms with Gasteiger partial charge in [0, 0.05) is 30.7 Å². The molecule has 100 valence electrons. The van der Waals surface area contributed by atoms with Crippen LogP contribution >= 0.6 is 15.9 Å². The Labute approximate surface area is 118 Å². The lowest BCUT2D eigenvalue weighted by Gasteiger charge is -2.06. The molecule has 0 aromatic carbocycles. The Balaban J connectivity index is 1.92. The highest BCUT2D eigenvalue weighted by Gasteiger charge is 2.11. The largest absolute Gasteiger partial charge is 0.383 e. The van der Waals surface area contributed by atoms with E-state index in [1.165, 1.54) is 0 Å². The monoisotopic (exact) mass is 324 g/mol. The lowest BCUT2D eigenvalue weighted by molar-refractivity contribution is 0.0954. The number of hydrogen-bond donors (Lipinski definition) is 2. The molecule has 1 amide bonds. The van der Waals surface area contributed by atoms with E-state index in [0.29, 0.717) is 28.8 Å². The Morgan fingerprint density at radius 2 is 2.32 bits per heavy atom. The zero-order valence-corrected chi connectivity index (χ0v) is 11.9. The van der Waals surface area contributed by atoms with Crippen molar-refractivity contribution in [3.63, 3.8) is 0 Å². The van der Waals surface area contributed by atoms with Crippen LogP contribution in [-0.2, 0) is 13.5 Å². The van der Waals surface area contributed by atoms with Gasteiger partial charge in [0.1, 0.15) is 12.1 Å². The van der Waals surface area contributed by atoms with E-state index in [0.717, 1.165) is 0 Å². The molecule has 3 N–H and O–H groups in total. The van der Waals surface area contributed by atoms with E-state index in [4.69, 9.17) is 5.73 Å². The first kappa shape index (κ1) is 13.5. The highest BCUT2D eigenvalue weighted by Crippen LogP contribution is 2.15. The van der Waals surface area contributed by atoms with Crippen LogP contribution in [0.2, 0.25) is 0 Å². The summed E-state index contributed by atoms with van der Waals surface area (Å²) in [5.41, 5.74) is 6.01. The first-order valence-corrected chi connectivity index (χ1v) is 6.39. The molecule has 0 fully saturated rings. The third-order valence-electron chi connectivity index (χ3n) is 2.41. The lowest BCUT2D eigenvalue weighted by Crippen LogP contribution is -2.27. The average molecular weight is 325 g/mol. The third kappa shape index (κ3) is 3.50. The van der Waals surface area contributed by atoms with Crippen LogP contribution < -0.4 is 11.1 Å². The summed E-state index contributed by atoms with van der Waals surface area (Å²) in [7, 11) is 1.79.